The van der Waals surface area contributed by atoms with Crippen molar-refractivity contribution in [2.75, 3.05) is 19.5 Å². The number of esters is 1. The first kappa shape index (κ1) is 21.4. The highest BCUT2D eigenvalue weighted by Gasteiger charge is 2.20. The summed E-state index contributed by atoms with van der Waals surface area (Å²) in [7, 11) is 2.90. The molecule has 0 unspecified atom stereocenters. The second-order valence-corrected chi connectivity index (χ2v) is 5.82. The lowest BCUT2D eigenvalue weighted by Gasteiger charge is -2.14. The molecule has 0 saturated carbocycles. The average molecular weight is 400 g/mol. The molecule has 152 valence electrons. The summed E-state index contributed by atoms with van der Waals surface area (Å²) >= 11 is 0. The zero-order valence-corrected chi connectivity index (χ0v) is 16.1. The highest BCUT2D eigenvalue weighted by atomic mass is 16.6. The van der Waals surface area contributed by atoms with Gasteiger partial charge in [-0.1, -0.05) is 12.1 Å². The van der Waals surface area contributed by atoms with Crippen LogP contribution in [0.15, 0.2) is 48.5 Å². The van der Waals surface area contributed by atoms with E-state index in [1.165, 1.54) is 45.4 Å². The molecule has 9 nitrogen and oxygen atoms in total. The van der Waals surface area contributed by atoms with Gasteiger partial charge in [0.15, 0.2) is 6.10 Å². The van der Waals surface area contributed by atoms with E-state index in [0.717, 1.165) is 11.6 Å². The zero-order chi connectivity index (χ0) is 21.4. The van der Waals surface area contributed by atoms with Crippen molar-refractivity contribution in [1.29, 1.82) is 0 Å². The van der Waals surface area contributed by atoms with Crippen LogP contribution in [0.25, 0.3) is 6.08 Å². The standard InChI is InChI=1S/C20H20N2O7/c1-13(29-19(23)10-7-14-5-4-6-16(11-14)27-2)20(24)21-17-12-15(22(25)26)8-9-18(17)28-3/h4-13H,1-3H3,(H,21,24)/b10-7+/t13-/m0/s1. The largest absolute Gasteiger partial charge is 0.497 e. The minimum absolute atomic E-state index is 0.0986. The molecular weight excluding hydrogens is 380 g/mol. The topological polar surface area (TPSA) is 117 Å². The van der Waals surface area contributed by atoms with Gasteiger partial charge < -0.3 is 19.5 Å². The zero-order valence-electron chi connectivity index (χ0n) is 16.1. The third kappa shape index (κ3) is 6.06. The molecule has 0 spiro atoms. The van der Waals surface area contributed by atoms with Crippen LogP contribution in [0.4, 0.5) is 11.4 Å². The Balaban J connectivity index is 2.01. The van der Waals surface area contributed by atoms with E-state index in [-0.39, 0.29) is 17.1 Å². The van der Waals surface area contributed by atoms with Gasteiger partial charge in [-0.05, 0) is 36.8 Å². The molecule has 2 rings (SSSR count). The number of ether oxygens (including phenoxy) is 3. The van der Waals surface area contributed by atoms with E-state index in [0.29, 0.717) is 5.75 Å². The molecular formula is C20H20N2O7. The van der Waals surface area contributed by atoms with E-state index in [2.05, 4.69) is 5.32 Å². The molecule has 0 saturated heterocycles. The number of methoxy groups -OCH3 is 2. The molecule has 2 aromatic rings. The Kier molecular flexibility index (Phi) is 7.30. The molecule has 0 aliphatic carbocycles. The quantitative estimate of drug-likeness (QED) is 0.313. The lowest BCUT2D eigenvalue weighted by Crippen LogP contribution is -2.29. The minimum atomic E-state index is -1.14. The summed E-state index contributed by atoms with van der Waals surface area (Å²) in [6.07, 6.45) is 1.58. The van der Waals surface area contributed by atoms with Gasteiger partial charge in [-0.2, -0.15) is 0 Å². The number of nitrogens with zero attached hydrogens (tertiary/aromatic N) is 1. The number of rotatable bonds is 8. The number of benzene rings is 2. The van der Waals surface area contributed by atoms with E-state index in [9.17, 15) is 19.7 Å². The van der Waals surface area contributed by atoms with E-state index in [1.54, 1.807) is 24.3 Å². The van der Waals surface area contributed by atoms with Gasteiger partial charge in [0.1, 0.15) is 11.5 Å². The maximum Gasteiger partial charge on any atom is 0.331 e. The van der Waals surface area contributed by atoms with Crippen LogP contribution in [0.1, 0.15) is 12.5 Å². The maximum atomic E-state index is 12.3. The van der Waals surface area contributed by atoms with Crippen molar-refractivity contribution >= 4 is 29.3 Å². The molecule has 0 aromatic heterocycles. The number of carbonyl (C=O) groups excluding carboxylic acids is 2. The number of nitro groups is 1. The molecule has 1 amide bonds. The Labute approximate surface area is 167 Å². The molecule has 0 fully saturated rings. The molecule has 2 aromatic carbocycles. The number of amides is 1. The Morgan fingerprint density at radius 2 is 1.90 bits per heavy atom. The number of non-ortho nitro benzene ring substituents is 1. The van der Waals surface area contributed by atoms with Crippen LogP contribution in [0.2, 0.25) is 0 Å². The molecule has 1 N–H and O–H groups in total. The number of anilines is 1. The van der Waals surface area contributed by atoms with Crippen LogP contribution in [-0.2, 0) is 14.3 Å². The molecule has 0 aliphatic heterocycles. The van der Waals surface area contributed by atoms with Crippen molar-refractivity contribution < 1.29 is 28.7 Å². The average Bonchev–Trinajstić information content (AvgIpc) is 2.72. The summed E-state index contributed by atoms with van der Waals surface area (Å²) in [6, 6.07) is 10.8. The summed E-state index contributed by atoms with van der Waals surface area (Å²) in [4.78, 5) is 34.6. The number of carbonyl (C=O) groups is 2. The summed E-state index contributed by atoms with van der Waals surface area (Å²) in [5, 5.41) is 13.4. The monoisotopic (exact) mass is 400 g/mol. The highest BCUT2D eigenvalue weighted by Crippen LogP contribution is 2.29. The Hall–Kier alpha value is -3.88. The smallest absolute Gasteiger partial charge is 0.331 e. The number of nitrogens with one attached hydrogen (secondary N) is 1. The van der Waals surface area contributed by atoms with Gasteiger partial charge in [0, 0.05) is 18.2 Å². The van der Waals surface area contributed by atoms with Crippen molar-refractivity contribution in [3.63, 3.8) is 0 Å². The highest BCUT2D eigenvalue weighted by molar-refractivity contribution is 5.97. The Morgan fingerprint density at radius 1 is 1.14 bits per heavy atom. The van der Waals surface area contributed by atoms with E-state index >= 15 is 0 Å². The number of hydrogen-bond acceptors (Lipinski definition) is 7. The van der Waals surface area contributed by atoms with Crippen LogP contribution < -0.4 is 14.8 Å². The Morgan fingerprint density at radius 3 is 2.55 bits per heavy atom. The first-order valence-corrected chi connectivity index (χ1v) is 8.50. The minimum Gasteiger partial charge on any atom is -0.497 e. The van der Waals surface area contributed by atoms with Gasteiger partial charge in [-0.15, -0.1) is 0 Å². The van der Waals surface area contributed by atoms with Crippen LogP contribution in [0, 0.1) is 10.1 Å². The fraction of sp³-hybridized carbons (Fsp3) is 0.200. The second kappa shape index (κ2) is 9.88. The van der Waals surface area contributed by atoms with Gasteiger partial charge in [0.2, 0.25) is 0 Å². The van der Waals surface area contributed by atoms with Gasteiger partial charge in [0.25, 0.3) is 11.6 Å². The van der Waals surface area contributed by atoms with Crippen molar-refractivity contribution in [2.45, 2.75) is 13.0 Å². The fourth-order valence-corrected chi connectivity index (χ4v) is 2.32. The lowest BCUT2D eigenvalue weighted by atomic mass is 10.2. The van der Waals surface area contributed by atoms with Crippen LogP contribution in [0.5, 0.6) is 11.5 Å². The second-order valence-electron chi connectivity index (χ2n) is 5.82. The van der Waals surface area contributed by atoms with E-state index in [4.69, 9.17) is 14.2 Å². The van der Waals surface area contributed by atoms with Gasteiger partial charge in [-0.3, -0.25) is 14.9 Å². The summed E-state index contributed by atoms with van der Waals surface area (Å²) in [5.41, 5.74) is 0.605. The lowest BCUT2D eigenvalue weighted by molar-refractivity contribution is -0.384. The van der Waals surface area contributed by atoms with Crippen LogP contribution >= 0.6 is 0 Å². The third-order valence-corrected chi connectivity index (χ3v) is 3.82. The normalized spacial score (nSPS) is 11.6. The maximum absolute atomic E-state index is 12.3. The SMILES string of the molecule is COc1cccc(/C=C/C(=O)O[C@@H](C)C(=O)Nc2cc([N+](=O)[O-])ccc2OC)c1. The van der Waals surface area contributed by atoms with Crippen molar-refractivity contribution in [2.24, 2.45) is 0 Å². The third-order valence-electron chi connectivity index (χ3n) is 3.82. The number of hydrogen-bond donors (Lipinski definition) is 1. The van der Waals surface area contributed by atoms with Gasteiger partial charge >= 0.3 is 5.97 Å². The predicted molar refractivity (Wildman–Crippen MR) is 106 cm³/mol. The molecule has 1 atom stereocenters. The molecule has 0 bridgehead atoms. The number of nitro benzene ring substituents is 1. The van der Waals surface area contributed by atoms with Crippen molar-refractivity contribution in [3.05, 3.63) is 64.2 Å². The Bertz CT molecular complexity index is 940. The summed E-state index contributed by atoms with van der Waals surface area (Å²) in [5.74, 6) is -0.507. The van der Waals surface area contributed by atoms with Gasteiger partial charge in [-0.25, -0.2) is 4.79 Å². The van der Waals surface area contributed by atoms with Crippen molar-refractivity contribution in [3.8, 4) is 11.5 Å². The van der Waals surface area contributed by atoms with Crippen LogP contribution in [0.3, 0.4) is 0 Å². The predicted octanol–water partition coefficient (Wildman–Crippen LogP) is 3.20. The van der Waals surface area contributed by atoms with E-state index < -0.39 is 22.9 Å². The summed E-state index contributed by atoms with van der Waals surface area (Å²) in [6.45, 7) is 1.39. The summed E-state index contributed by atoms with van der Waals surface area (Å²) < 4.78 is 15.3. The van der Waals surface area contributed by atoms with Crippen LogP contribution in [-0.4, -0.2) is 37.1 Å². The van der Waals surface area contributed by atoms with Crippen molar-refractivity contribution in [1.82, 2.24) is 0 Å². The first-order chi connectivity index (χ1) is 13.8. The molecule has 0 aliphatic rings. The first-order valence-electron chi connectivity index (χ1n) is 8.50. The van der Waals surface area contributed by atoms with E-state index in [1.807, 2.05) is 0 Å². The molecule has 9 heteroatoms. The fourth-order valence-electron chi connectivity index (χ4n) is 2.32. The molecule has 0 heterocycles. The molecule has 0 radical (unpaired) electrons. The molecule has 29 heavy (non-hydrogen) atoms. The van der Waals surface area contributed by atoms with Gasteiger partial charge in [0.05, 0.1) is 24.8 Å².